The van der Waals surface area contributed by atoms with Gasteiger partial charge < -0.3 is 4.90 Å². The highest BCUT2D eigenvalue weighted by molar-refractivity contribution is 5.95. The lowest BCUT2D eigenvalue weighted by atomic mass is 9.79. The van der Waals surface area contributed by atoms with Gasteiger partial charge in [0.1, 0.15) is 0 Å². The standard InChI is InChI=1S/C23H28N4O3/c1-6-26-21-11-15(2)18(12-20(21)16(3)13-23(26,4)5)14-24-25-22(28)17-7-9-19(10-8-17)27(29)30/h7-12,14,16H,6,13H2,1-5H3,(H,25,28)/b24-14-. The van der Waals surface area contributed by atoms with Crippen LogP contribution in [-0.2, 0) is 0 Å². The van der Waals surface area contributed by atoms with Crippen molar-refractivity contribution in [2.75, 3.05) is 11.4 Å². The minimum absolute atomic E-state index is 0.0573. The predicted molar refractivity (Wildman–Crippen MR) is 119 cm³/mol. The van der Waals surface area contributed by atoms with E-state index in [1.165, 1.54) is 35.5 Å². The summed E-state index contributed by atoms with van der Waals surface area (Å²) in [5.41, 5.74) is 7.48. The second-order valence-corrected chi connectivity index (χ2v) is 8.43. The molecule has 2 aromatic rings. The molecule has 7 heteroatoms. The van der Waals surface area contributed by atoms with Crippen molar-refractivity contribution in [1.82, 2.24) is 5.43 Å². The molecule has 0 radical (unpaired) electrons. The van der Waals surface area contributed by atoms with Crippen molar-refractivity contribution in [2.45, 2.75) is 52.5 Å². The zero-order chi connectivity index (χ0) is 22.1. The third-order valence-corrected chi connectivity index (χ3v) is 5.80. The molecule has 1 heterocycles. The van der Waals surface area contributed by atoms with Gasteiger partial charge in [-0.3, -0.25) is 14.9 Å². The van der Waals surface area contributed by atoms with Crippen molar-refractivity contribution in [2.24, 2.45) is 5.10 Å². The van der Waals surface area contributed by atoms with Gasteiger partial charge in [0.05, 0.1) is 11.1 Å². The van der Waals surface area contributed by atoms with Crippen LogP contribution in [0, 0.1) is 17.0 Å². The van der Waals surface area contributed by atoms with E-state index in [4.69, 9.17) is 0 Å². The average Bonchev–Trinajstić information content (AvgIpc) is 2.68. The molecule has 1 aliphatic rings. The molecule has 0 saturated carbocycles. The Hall–Kier alpha value is -3.22. The number of hydrogen-bond acceptors (Lipinski definition) is 5. The van der Waals surface area contributed by atoms with E-state index in [9.17, 15) is 14.9 Å². The molecule has 2 aromatic carbocycles. The van der Waals surface area contributed by atoms with Crippen LogP contribution in [0.1, 0.15) is 67.1 Å². The van der Waals surface area contributed by atoms with Crippen LogP contribution in [0.2, 0.25) is 0 Å². The van der Waals surface area contributed by atoms with Crippen LogP contribution >= 0.6 is 0 Å². The Bertz CT molecular complexity index is 996. The Labute approximate surface area is 176 Å². The summed E-state index contributed by atoms with van der Waals surface area (Å²) in [7, 11) is 0. The van der Waals surface area contributed by atoms with Crippen molar-refractivity contribution < 1.29 is 9.72 Å². The normalized spacial score (nSPS) is 17.6. The summed E-state index contributed by atoms with van der Waals surface area (Å²) >= 11 is 0. The van der Waals surface area contributed by atoms with Gasteiger partial charge in [0.15, 0.2) is 0 Å². The lowest BCUT2D eigenvalue weighted by Gasteiger charge is -2.47. The first-order valence-corrected chi connectivity index (χ1v) is 10.1. The number of carbonyl (C=O) groups is 1. The molecule has 3 rings (SSSR count). The zero-order valence-corrected chi connectivity index (χ0v) is 18.1. The number of nitrogens with one attached hydrogen (secondary N) is 1. The quantitative estimate of drug-likeness (QED) is 0.438. The van der Waals surface area contributed by atoms with Gasteiger partial charge in [-0.15, -0.1) is 0 Å². The Kier molecular flexibility index (Phi) is 5.92. The summed E-state index contributed by atoms with van der Waals surface area (Å²) in [6.45, 7) is 12.0. The molecule has 0 fully saturated rings. The molecule has 7 nitrogen and oxygen atoms in total. The first kappa shape index (κ1) is 21.5. The van der Waals surface area contributed by atoms with Gasteiger partial charge in [-0.05, 0) is 81.0 Å². The number of amides is 1. The van der Waals surface area contributed by atoms with Crippen LogP contribution in [0.3, 0.4) is 0 Å². The monoisotopic (exact) mass is 408 g/mol. The van der Waals surface area contributed by atoms with Crippen LogP contribution in [0.15, 0.2) is 41.5 Å². The molecule has 0 bridgehead atoms. The van der Waals surface area contributed by atoms with Crippen LogP contribution in [0.5, 0.6) is 0 Å². The van der Waals surface area contributed by atoms with Gasteiger partial charge >= 0.3 is 0 Å². The molecule has 1 unspecified atom stereocenters. The molecule has 0 aromatic heterocycles. The van der Waals surface area contributed by atoms with Gasteiger partial charge in [-0.2, -0.15) is 5.10 Å². The summed E-state index contributed by atoms with van der Waals surface area (Å²) in [5.74, 6) is 0.0179. The molecular weight excluding hydrogens is 380 g/mol. The molecule has 1 amide bonds. The Morgan fingerprint density at radius 2 is 2.00 bits per heavy atom. The minimum Gasteiger partial charge on any atom is -0.366 e. The number of nitro benzene ring substituents is 1. The van der Waals surface area contributed by atoms with E-state index >= 15 is 0 Å². The molecule has 0 spiro atoms. The first-order chi connectivity index (χ1) is 14.1. The fourth-order valence-corrected chi connectivity index (χ4v) is 4.35. The number of benzene rings is 2. The number of fused-ring (bicyclic) bond motifs is 1. The van der Waals surface area contributed by atoms with E-state index in [2.05, 4.69) is 55.3 Å². The third kappa shape index (κ3) is 4.20. The Morgan fingerprint density at radius 3 is 2.60 bits per heavy atom. The first-order valence-electron chi connectivity index (χ1n) is 10.1. The number of aryl methyl sites for hydroxylation is 1. The number of nitrogens with zero attached hydrogens (tertiary/aromatic N) is 3. The van der Waals surface area contributed by atoms with E-state index < -0.39 is 10.8 Å². The fraction of sp³-hybridized carbons (Fsp3) is 0.391. The van der Waals surface area contributed by atoms with Crippen LogP contribution < -0.4 is 10.3 Å². The molecule has 1 atom stereocenters. The van der Waals surface area contributed by atoms with E-state index in [0.29, 0.717) is 11.5 Å². The number of anilines is 1. The van der Waals surface area contributed by atoms with Crippen molar-refractivity contribution >= 4 is 23.5 Å². The SMILES string of the molecule is CCN1c2cc(C)c(/C=N\NC(=O)c3ccc([N+](=O)[O-])cc3)cc2C(C)CC1(C)C. The van der Waals surface area contributed by atoms with Gasteiger partial charge in [-0.1, -0.05) is 6.92 Å². The molecule has 0 aliphatic carbocycles. The largest absolute Gasteiger partial charge is 0.366 e. The predicted octanol–water partition coefficient (Wildman–Crippen LogP) is 4.78. The molecular formula is C23H28N4O3. The number of carbonyl (C=O) groups excluding carboxylic acids is 1. The highest BCUT2D eigenvalue weighted by Crippen LogP contribution is 2.43. The van der Waals surface area contributed by atoms with Crippen molar-refractivity contribution in [3.05, 3.63) is 68.8 Å². The van der Waals surface area contributed by atoms with E-state index in [-0.39, 0.29) is 11.2 Å². The number of rotatable bonds is 5. The number of hydrazone groups is 1. The average molecular weight is 409 g/mol. The highest BCUT2D eigenvalue weighted by Gasteiger charge is 2.35. The third-order valence-electron chi connectivity index (χ3n) is 5.80. The topological polar surface area (TPSA) is 87.8 Å². The molecule has 158 valence electrons. The highest BCUT2D eigenvalue weighted by atomic mass is 16.6. The van der Waals surface area contributed by atoms with Gasteiger partial charge in [0.2, 0.25) is 0 Å². The second-order valence-electron chi connectivity index (χ2n) is 8.43. The van der Waals surface area contributed by atoms with Crippen molar-refractivity contribution in [1.29, 1.82) is 0 Å². The van der Waals surface area contributed by atoms with Gasteiger partial charge in [0, 0.05) is 35.5 Å². The summed E-state index contributed by atoms with van der Waals surface area (Å²) in [4.78, 5) is 24.9. The second kappa shape index (κ2) is 8.26. The molecule has 1 N–H and O–H groups in total. The fourth-order valence-electron chi connectivity index (χ4n) is 4.35. The molecule has 1 aliphatic heterocycles. The Balaban J connectivity index is 1.79. The number of nitro groups is 1. The smallest absolute Gasteiger partial charge is 0.271 e. The number of hydrogen-bond donors (Lipinski definition) is 1. The molecule has 0 saturated heterocycles. The van der Waals surface area contributed by atoms with Gasteiger partial charge in [-0.25, -0.2) is 5.43 Å². The summed E-state index contributed by atoms with van der Waals surface area (Å²) < 4.78 is 0. The van der Waals surface area contributed by atoms with Crippen LogP contribution in [0.25, 0.3) is 0 Å². The minimum atomic E-state index is -0.500. The van der Waals surface area contributed by atoms with Crippen molar-refractivity contribution in [3.8, 4) is 0 Å². The lowest BCUT2D eigenvalue weighted by molar-refractivity contribution is -0.384. The Morgan fingerprint density at radius 1 is 1.33 bits per heavy atom. The number of non-ortho nitro benzene ring substituents is 1. The van der Waals surface area contributed by atoms with E-state index in [1.54, 1.807) is 6.21 Å². The van der Waals surface area contributed by atoms with Gasteiger partial charge in [0.25, 0.3) is 11.6 Å². The van der Waals surface area contributed by atoms with Crippen LogP contribution in [-0.4, -0.2) is 29.1 Å². The summed E-state index contributed by atoms with van der Waals surface area (Å²) in [5, 5.41) is 14.8. The van der Waals surface area contributed by atoms with E-state index in [0.717, 1.165) is 24.1 Å². The maximum Gasteiger partial charge on any atom is 0.271 e. The summed E-state index contributed by atoms with van der Waals surface area (Å²) in [6.07, 6.45) is 2.73. The maximum absolute atomic E-state index is 12.2. The van der Waals surface area contributed by atoms with Crippen molar-refractivity contribution in [3.63, 3.8) is 0 Å². The molecule has 30 heavy (non-hydrogen) atoms. The summed E-state index contributed by atoms with van der Waals surface area (Å²) in [6, 6.07) is 9.79. The van der Waals surface area contributed by atoms with E-state index in [1.807, 2.05) is 6.92 Å². The lowest BCUT2D eigenvalue weighted by Crippen LogP contribution is -2.48. The maximum atomic E-state index is 12.2. The van der Waals surface area contributed by atoms with Crippen LogP contribution in [0.4, 0.5) is 11.4 Å². The zero-order valence-electron chi connectivity index (χ0n) is 18.1.